The number of hydrogen-bond donors (Lipinski definition) is 2. The first-order chi connectivity index (χ1) is 15.5. The number of carbonyl (C=O) groups is 1. The molecule has 164 valence electrons. The first-order valence-electron chi connectivity index (χ1n) is 10.4. The number of fused-ring (bicyclic) bond motifs is 1. The molecule has 1 amide bonds. The van der Waals surface area contributed by atoms with E-state index >= 15 is 0 Å². The molecular formula is C23H24N6O3. The standard InChI is InChI=1S/C23H24N6O3/c1-3-32-20-12-18(16-7-9-22(30)29(2)13-16)27-19-11-15(6-8-17(19)20)23(31)24-10-4-5-21-25-14-26-28-21/h6-9,11-14H,3-5,10H2,1-2H3,(H,24,31)(H,25,26,28). The van der Waals surface area contributed by atoms with Gasteiger partial charge in [-0.15, -0.1) is 10.2 Å². The van der Waals surface area contributed by atoms with Crippen LogP contribution in [0.2, 0.25) is 0 Å². The predicted octanol–water partition coefficient (Wildman–Crippen LogP) is 2.48. The number of aromatic amines is 1. The van der Waals surface area contributed by atoms with Gasteiger partial charge in [0.25, 0.3) is 5.91 Å². The average molecular weight is 432 g/mol. The average Bonchev–Trinajstić information content (AvgIpc) is 3.31. The van der Waals surface area contributed by atoms with E-state index in [4.69, 9.17) is 9.72 Å². The van der Waals surface area contributed by atoms with Crippen molar-refractivity contribution in [3.63, 3.8) is 0 Å². The van der Waals surface area contributed by atoms with Gasteiger partial charge in [-0.2, -0.15) is 0 Å². The van der Waals surface area contributed by atoms with E-state index < -0.39 is 0 Å². The fourth-order valence-electron chi connectivity index (χ4n) is 3.42. The maximum absolute atomic E-state index is 12.7. The van der Waals surface area contributed by atoms with Crippen LogP contribution in [0.25, 0.3) is 22.2 Å². The summed E-state index contributed by atoms with van der Waals surface area (Å²) >= 11 is 0. The second kappa shape index (κ2) is 9.42. The molecule has 9 heteroatoms. The molecule has 3 aromatic heterocycles. The number of nitrogens with one attached hydrogen (secondary N) is 2. The monoisotopic (exact) mass is 432 g/mol. The highest BCUT2D eigenvalue weighted by Gasteiger charge is 2.13. The smallest absolute Gasteiger partial charge is 0.251 e. The Kier molecular flexibility index (Phi) is 6.25. The third-order valence-electron chi connectivity index (χ3n) is 5.06. The van der Waals surface area contributed by atoms with Gasteiger partial charge in [-0.1, -0.05) is 0 Å². The molecule has 0 atom stereocenters. The second-order valence-corrected chi connectivity index (χ2v) is 7.33. The Morgan fingerprint density at radius 2 is 2.09 bits per heavy atom. The third-order valence-corrected chi connectivity index (χ3v) is 5.06. The zero-order valence-corrected chi connectivity index (χ0v) is 18.0. The number of aryl methyl sites for hydroxylation is 2. The van der Waals surface area contributed by atoms with Gasteiger partial charge in [0.05, 0.1) is 17.8 Å². The van der Waals surface area contributed by atoms with E-state index in [1.54, 1.807) is 31.4 Å². The minimum Gasteiger partial charge on any atom is -0.493 e. The van der Waals surface area contributed by atoms with Crippen LogP contribution < -0.4 is 15.6 Å². The van der Waals surface area contributed by atoms with Gasteiger partial charge in [-0.3, -0.25) is 9.59 Å². The van der Waals surface area contributed by atoms with E-state index in [1.165, 1.54) is 17.0 Å². The Balaban J connectivity index is 1.58. The number of hydrogen-bond acceptors (Lipinski definition) is 6. The number of nitrogens with zero attached hydrogens (tertiary/aromatic N) is 4. The Labute approximate surface area is 184 Å². The van der Waals surface area contributed by atoms with Crippen molar-refractivity contribution >= 4 is 16.8 Å². The first-order valence-corrected chi connectivity index (χ1v) is 10.4. The zero-order chi connectivity index (χ0) is 22.5. The van der Waals surface area contributed by atoms with Crippen molar-refractivity contribution in [1.82, 2.24) is 30.0 Å². The molecule has 0 spiro atoms. The van der Waals surface area contributed by atoms with Crippen molar-refractivity contribution in [3.05, 3.63) is 70.7 Å². The Bertz CT molecular complexity index is 1300. The Hall–Kier alpha value is -4.01. The van der Waals surface area contributed by atoms with Crippen LogP contribution in [0.15, 0.2) is 53.7 Å². The van der Waals surface area contributed by atoms with Crippen LogP contribution in [-0.4, -0.2) is 43.8 Å². The maximum Gasteiger partial charge on any atom is 0.251 e. The molecule has 0 aliphatic rings. The number of carbonyl (C=O) groups excluding carboxylic acids is 1. The summed E-state index contributed by atoms with van der Waals surface area (Å²) in [5.74, 6) is 1.31. The van der Waals surface area contributed by atoms with Crippen molar-refractivity contribution in [2.75, 3.05) is 13.2 Å². The lowest BCUT2D eigenvalue weighted by Crippen LogP contribution is -2.24. The van der Waals surface area contributed by atoms with Crippen LogP contribution in [0, 0.1) is 0 Å². The number of benzene rings is 1. The minimum absolute atomic E-state index is 0.0955. The zero-order valence-electron chi connectivity index (χ0n) is 18.0. The lowest BCUT2D eigenvalue weighted by atomic mass is 10.1. The third kappa shape index (κ3) is 4.66. The number of rotatable bonds is 8. The molecule has 1 aromatic carbocycles. The maximum atomic E-state index is 12.7. The lowest BCUT2D eigenvalue weighted by Gasteiger charge is -2.12. The van der Waals surface area contributed by atoms with Gasteiger partial charge < -0.3 is 19.6 Å². The molecule has 2 N–H and O–H groups in total. The van der Waals surface area contributed by atoms with E-state index in [1.807, 2.05) is 19.1 Å². The summed E-state index contributed by atoms with van der Waals surface area (Å²) in [6, 6.07) is 10.5. The lowest BCUT2D eigenvalue weighted by molar-refractivity contribution is 0.0953. The number of aromatic nitrogens is 5. The SMILES string of the molecule is CCOc1cc(-c2ccc(=O)n(C)c2)nc2cc(C(=O)NCCCc3nnc[nH]3)ccc12. The molecule has 4 rings (SSSR count). The van der Waals surface area contributed by atoms with Gasteiger partial charge in [0.1, 0.15) is 17.9 Å². The molecule has 0 saturated heterocycles. The van der Waals surface area contributed by atoms with Crippen LogP contribution in [0.1, 0.15) is 29.5 Å². The number of pyridine rings is 2. The molecular weight excluding hydrogens is 408 g/mol. The predicted molar refractivity (Wildman–Crippen MR) is 121 cm³/mol. The van der Waals surface area contributed by atoms with Crippen molar-refractivity contribution in [3.8, 4) is 17.0 Å². The first kappa shape index (κ1) is 21.2. The second-order valence-electron chi connectivity index (χ2n) is 7.33. The summed E-state index contributed by atoms with van der Waals surface area (Å²) in [4.78, 5) is 32.1. The summed E-state index contributed by atoms with van der Waals surface area (Å²) in [6.07, 6.45) is 4.73. The van der Waals surface area contributed by atoms with E-state index in [-0.39, 0.29) is 11.5 Å². The van der Waals surface area contributed by atoms with E-state index in [0.717, 1.165) is 23.2 Å². The van der Waals surface area contributed by atoms with Crippen molar-refractivity contribution in [2.45, 2.75) is 19.8 Å². The molecule has 0 saturated carbocycles. The Morgan fingerprint density at radius 3 is 2.84 bits per heavy atom. The van der Waals surface area contributed by atoms with Crippen molar-refractivity contribution in [2.24, 2.45) is 7.05 Å². The quantitative estimate of drug-likeness (QED) is 0.414. The largest absolute Gasteiger partial charge is 0.493 e. The van der Waals surface area contributed by atoms with Crippen LogP contribution in [0.5, 0.6) is 5.75 Å². The van der Waals surface area contributed by atoms with E-state index in [9.17, 15) is 9.59 Å². The summed E-state index contributed by atoms with van der Waals surface area (Å²) in [5, 5.41) is 11.4. The highest BCUT2D eigenvalue weighted by Crippen LogP contribution is 2.30. The van der Waals surface area contributed by atoms with Crippen molar-refractivity contribution < 1.29 is 9.53 Å². The number of amides is 1. The Morgan fingerprint density at radius 1 is 1.22 bits per heavy atom. The van der Waals surface area contributed by atoms with Crippen LogP contribution in [-0.2, 0) is 13.5 Å². The van der Waals surface area contributed by atoms with Gasteiger partial charge in [-0.25, -0.2) is 4.98 Å². The van der Waals surface area contributed by atoms with E-state index in [2.05, 4.69) is 20.5 Å². The van der Waals surface area contributed by atoms with Gasteiger partial charge in [0.2, 0.25) is 5.56 Å². The van der Waals surface area contributed by atoms with Gasteiger partial charge in [0.15, 0.2) is 0 Å². The summed E-state index contributed by atoms with van der Waals surface area (Å²) in [6.45, 7) is 2.94. The molecule has 0 unspecified atom stereocenters. The molecule has 32 heavy (non-hydrogen) atoms. The molecule has 9 nitrogen and oxygen atoms in total. The molecule has 0 fully saturated rings. The number of ether oxygens (including phenoxy) is 1. The molecule has 3 heterocycles. The summed E-state index contributed by atoms with van der Waals surface area (Å²) in [7, 11) is 1.70. The molecule has 0 bridgehead atoms. The van der Waals surface area contributed by atoms with Crippen LogP contribution in [0.4, 0.5) is 0 Å². The minimum atomic E-state index is -0.170. The van der Waals surface area contributed by atoms with Crippen LogP contribution in [0.3, 0.4) is 0 Å². The van der Waals surface area contributed by atoms with Crippen molar-refractivity contribution in [1.29, 1.82) is 0 Å². The number of H-pyrrole nitrogens is 1. The molecule has 0 aliphatic heterocycles. The summed E-state index contributed by atoms with van der Waals surface area (Å²) < 4.78 is 7.33. The van der Waals surface area contributed by atoms with Crippen LogP contribution >= 0.6 is 0 Å². The molecule has 0 radical (unpaired) electrons. The fourth-order valence-corrected chi connectivity index (χ4v) is 3.42. The highest BCUT2D eigenvalue weighted by atomic mass is 16.5. The summed E-state index contributed by atoms with van der Waals surface area (Å²) in [5.41, 5.74) is 2.53. The highest BCUT2D eigenvalue weighted by molar-refractivity contribution is 5.99. The van der Waals surface area contributed by atoms with Gasteiger partial charge in [0, 0.05) is 54.9 Å². The molecule has 4 aromatic rings. The topological polar surface area (TPSA) is 115 Å². The van der Waals surface area contributed by atoms with Gasteiger partial charge in [-0.05, 0) is 37.6 Å². The molecule has 0 aliphatic carbocycles. The normalized spacial score (nSPS) is 10.9. The fraction of sp³-hybridized carbons (Fsp3) is 0.261. The van der Waals surface area contributed by atoms with E-state index in [0.29, 0.717) is 42.1 Å². The van der Waals surface area contributed by atoms with Gasteiger partial charge >= 0.3 is 0 Å².